The summed E-state index contributed by atoms with van der Waals surface area (Å²) in [6.07, 6.45) is 0. The Hall–Kier alpha value is -3.34. The molecule has 0 aliphatic rings. The first kappa shape index (κ1) is 17.7. The van der Waals surface area contributed by atoms with E-state index in [4.69, 9.17) is 0 Å². The van der Waals surface area contributed by atoms with Gasteiger partial charge in [-0.1, -0.05) is 84.6 Å². The third kappa shape index (κ3) is 3.68. The van der Waals surface area contributed by atoms with Gasteiger partial charge in [-0.05, 0) is 78.9 Å². The third-order valence-electron chi connectivity index (χ3n) is 5.12. The van der Waals surface area contributed by atoms with Gasteiger partial charge in [0.2, 0.25) is 0 Å². The van der Waals surface area contributed by atoms with Crippen LogP contribution in [0.3, 0.4) is 0 Å². The summed E-state index contributed by atoms with van der Waals surface area (Å²) in [6, 6.07) is 36.1. The molecule has 0 aromatic heterocycles. The minimum atomic E-state index is 1.000. The zero-order valence-electron chi connectivity index (χ0n) is 15.7. The fraction of sp³-hybridized carbons (Fsp3) is 0. The monoisotopic (exact) mass is 432 g/mol. The van der Waals surface area contributed by atoms with Crippen LogP contribution in [-0.2, 0) is 0 Å². The number of fused-ring (bicyclic) bond motifs is 2. The van der Waals surface area contributed by atoms with Gasteiger partial charge in [0, 0.05) is 15.6 Å². The van der Waals surface area contributed by atoms with E-state index < -0.39 is 0 Å². The minimum absolute atomic E-state index is 1.000. The van der Waals surface area contributed by atoms with Gasteiger partial charge < -0.3 is 0 Å². The molecule has 136 valence electrons. The first-order chi connectivity index (χ1) is 14.3. The van der Waals surface area contributed by atoms with Crippen molar-refractivity contribution in [1.29, 1.82) is 0 Å². The highest BCUT2D eigenvalue weighted by Gasteiger charge is 2.02. The molecule has 0 aliphatic heterocycles. The van der Waals surface area contributed by atoms with E-state index in [-0.39, 0.29) is 0 Å². The molecule has 0 bridgehead atoms. The Morgan fingerprint density at radius 1 is 0.483 bits per heavy atom. The lowest BCUT2D eigenvalue weighted by molar-refractivity contribution is 1.60. The molecule has 0 saturated carbocycles. The molecule has 0 N–H and O–H groups in total. The standard InChI is InChI=1S/C28H17Br/c29-28-19-25-10-4-3-9-24(25)18-27(28)13-12-20-6-5-11-22(16-20)26-15-14-21-7-1-2-8-23(21)17-26/h1-11,14-19H. The van der Waals surface area contributed by atoms with Crippen molar-refractivity contribution >= 4 is 37.5 Å². The van der Waals surface area contributed by atoms with Crippen molar-refractivity contribution in [3.63, 3.8) is 0 Å². The second kappa shape index (κ2) is 7.59. The highest BCUT2D eigenvalue weighted by Crippen LogP contribution is 2.26. The average Bonchev–Trinajstić information content (AvgIpc) is 2.77. The fourth-order valence-corrected chi connectivity index (χ4v) is 4.05. The van der Waals surface area contributed by atoms with Gasteiger partial charge in [0.15, 0.2) is 0 Å². The SMILES string of the molecule is Brc1cc2ccccc2cc1C#Cc1cccc(-c2ccc3ccccc3c2)c1. The zero-order valence-corrected chi connectivity index (χ0v) is 17.3. The summed E-state index contributed by atoms with van der Waals surface area (Å²) >= 11 is 3.66. The van der Waals surface area contributed by atoms with Crippen molar-refractivity contribution in [1.82, 2.24) is 0 Å². The van der Waals surface area contributed by atoms with Crippen LogP contribution in [0.4, 0.5) is 0 Å². The van der Waals surface area contributed by atoms with E-state index >= 15 is 0 Å². The van der Waals surface area contributed by atoms with Gasteiger partial charge in [-0.25, -0.2) is 0 Å². The number of rotatable bonds is 1. The van der Waals surface area contributed by atoms with E-state index in [1.165, 1.54) is 32.7 Å². The van der Waals surface area contributed by atoms with Crippen molar-refractivity contribution in [3.8, 4) is 23.0 Å². The first-order valence-corrected chi connectivity index (χ1v) is 10.4. The molecule has 0 fully saturated rings. The molecule has 0 aliphatic carbocycles. The summed E-state index contributed by atoms with van der Waals surface area (Å²) < 4.78 is 1.02. The Labute approximate surface area is 179 Å². The van der Waals surface area contributed by atoms with Gasteiger partial charge in [0.1, 0.15) is 0 Å². The highest BCUT2D eigenvalue weighted by molar-refractivity contribution is 9.10. The van der Waals surface area contributed by atoms with Crippen molar-refractivity contribution in [2.45, 2.75) is 0 Å². The lowest BCUT2D eigenvalue weighted by atomic mass is 10.00. The van der Waals surface area contributed by atoms with Gasteiger partial charge in [-0.15, -0.1) is 0 Å². The predicted molar refractivity (Wildman–Crippen MR) is 127 cm³/mol. The molecule has 1 heteroatoms. The molecule has 0 nitrogen and oxygen atoms in total. The van der Waals surface area contributed by atoms with Crippen molar-refractivity contribution in [2.75, 3.05) is 0 Å². The lowest BCUT2D eigenvalue weighted by Gasteiger charge is -2.05. The van der Waals surface area contributed by atoms with Crippen LogP contribution >= 0.6 is 15.9 Å². The molecule has 29 heavy (non-hydrogen) atoms. The Morgan fingerprint density at radius 3 is 1.93 bits per heavy atom. The molecule has 0 heterocycles. The van der Waals surface area contributed by atoms with Crippen LogP contribution in [0, 0.1) is 11.8 Å². The summed E-state index contributed by atoms with van der Waals surface area (Å²) in [5.41, 5.74) is 4.40. The van der Waals surface area contributed by atoms with E-state index in [1.807, 2.05) is 0 Å². The average molecular weight is 433 g/mol. The summed E-state index contributed by atoms with van der Waals surface area (Å²) in [4.78, 5) is 0. The summed E-state index contributed by atoms with van der Waals surface area (Å²) in [5, 5.41) is 4.92. The normalized spacial score (nSPS) is 10.7. The van der Waals surface area contributed by atoms with Crippen LogP contribution in [0.15, 0.2) is 108 Å². The maximum atomic E-state index is 3.66. The van der Waals surface area contributed by atoms with Crippen LogP contribution < -0.4 is 0 Å². The summed E-state index contributed by atoms with van der Waals surface area (Å²) in [6.45, 7) is 0. The Morgan fingerprint density at radius 2 is 1.14 bits per heavy atom. The Bertz CT molecular complexity index is 1420. The second-order valence-corrected chi connectivity index (χ2v) is 7.93. The summed E-state index contributed by atoms with van der Waals surface area (Å²) in [7, 11) is 0. The molecule has 0 atom stereocenters. The summed E-state index contributed by atoms with van der Waals surface area (Å²) in [5.74, 6) is 6.67. The number of halogens is 1. The molecule has 5 rings (SSSR count). The van der Waals surface area contributed by atoms with Gasteiger partial charge >= 0.3 is 0 Å². The Kier molecular flexibility index (Phi) is 4.64. The molecular formula is C28H17Br. The molecule has 0 spiro atoms. The zero-order chi connectivity index (χ0) is 19.6. The second-order valence-electron chi connectivity index (χ2n) is 7.07. The van der Waals surface area contributed by atoms with Crippen molar-refractivity contribution in [2.24, 2.45) is 0 Å². The highest BCUT2D eigenvalue weighted by atomic mass is 79.9. The topological polar surface area (TPSA) is 0 Å². The van der Waals surface area contributed by atoms with Gasteiger partial charge in [-0.3, -0.25) is 0 Å². The molecule has 0 unspecified atom stereocenters. The van der Waals surface area contributed by atoms with E-state index in [0.717, 1.165) is 15.6 Å². The molecule has 0 radical (unpaired) electrons. The number of benzene rings is 5. The smallest absolute Gasteiger partial charge is 0.0397 e. The van der Waals surface area contributed by atoms with Gasteiger partial charge in [-0.2, -0.15) is 0 Å². The van der Waals surface area contributed by atoms with Crippen LogP contribution in [0.2, 0.25) is 0 Å². The van der Waals surface area contributed by atoms with E-state index in [9.17, 15) is 0 Å². The molecule has 0 saturated heterocycles. The van der Waals surface area contributed by atoms with Crippen LogP contribution in [-0.4, -0.2) is 0 Å². The Balaban J connectivity index is 1.51. The van der Waals surface area contributed by atoms with Crippen molar-refractivity contribution in [3.05, 3.63) is 119 Å². The fourth-order valence-electron chi connectivity index (χ4n) is 3.59. The first-order valence-electron chi connectivity index (χ1n) is 9.56. The quantitative estimate of drug-likeness (QED) is 0.237. The largest absolute Gasteiger partial charge is 0.0616 e. The lowest BCUT2D eigenvalue weighted by Crippen LogP contribution is -1.83. The minimum Gasteiger partial charge on any atom is -0.0616 e. The van der Waals surface area contributed by atoms with E-state index in [1.54, 1.807) is 0 Å². The maximum Gasteiger partial charge on any atom is 0.0397 e. The van der Waals surface area contributed by atoms with Crippen LogP contribution in [0.5, 0.6) is 0 Å². The van der Waals surface area contributed by atoms with Gasteiger partial charge in [0.05, 0.1) is 0 Å². The van der Waals surface area contributed by atoms with Crippen molar-refractivity contribution < 1.29 is 0 Å². The van der Waals surface area contributed by atoms with Crippen LogP contribution in [0.1, 0.15) is 11.1 Å². The predicted octanol–water partition coefficient (Wildman–Crippen LogP) is 7.82. The maximum absolute atomic E-state index is 3.66. The molecule has 0 amide bonds. The number of hydrogen-bond donors (Lipinski definition) is 0. The van der Waals surface area contributed by atoms with Gasteiger partial charge in [0.25, 0.3) is 0 Å². The molecule has 5 aromatic carbocycles. The molecular weight excluding hydrogens is 416 g/mol. The number of hydrogen-bond acceptors (Lipinski definition) is 0. The third-order valence-corrected chi connectivity index (χ3v) is 5.78. The van der Waals surface area contributed by atoms with Crippen LogP contribution in [0.25, 0.3) is 32.7 Å². The van der Waals surface area contributed by atoms with E-state index in [2.05, 4.69) is 131 Å². The molecule has 5 aromatic rings. The van der Waals surface area contributed by atoms with E-state index in [0.29, 0.717) is 0 Å².